The minimum atomic E-state index is -0.0550. The fourth-order valence-corrected chi connectivity index (χ4v) is 3.45. The summed E-state index contributed by atoms with van der Waals surface area (Å²) in [6, 6.07) is 13.7. The SMILES string of the molecule is COc1ccc(/C=C/C(=O)c2c(C)nn(C)c2C)cc1COc1ccc(I)cc1. The molecule has 150 valence electrons. The number of benzene rings is 2. The van der Waals surface area contributed by atoms with Gasteiger partial charge in [-0.15, -0.1) is 0 Å². The van der Waals surface area contributed by atoms with Crippen molar-refractivity contribution in [2.24, 2.45) is 7.05 Å². The van der Waals surface area contributed by atoms with E-state index in [-0.39, 0.29) is 5.78 Å². The lowest BCUT2D eigenvalue weighted by Gasteiger charge is -2.11. The molecule has 2 aromatic carbocycles. The maximum absolute atomic E-state index is 12.6. The Bertz CT molecular complexity index is 1050. The highest BCUT2D eigenvalue weighted by Gasteiger charge is 2.15. The van der Waals surface area contributed by atoms with Crippen molar-refractivity contribution in [3.8, 4) is 11.5 Å². The summed E-state index contributed by atoms with van der Waals surface area (Å²) < 4.78 is 14.2. The van der Waals surface area contributed by atoms with Crippen molar-refractivity contribution in [1.82, 2.24) is 9.78 Å². The number of aromatic nitrogens is 2. The second kappa shape index (κ2) is 9.26. The number of methoxy groups -OCH3 is 1. The van der Waals surface area contributed by atoms with Crippen LogP contribution in [0.15, 0.2) is 48.5 Å². The topological polar surface area (TPSA) is 53.3 Å². The molecule has 5 nitrogen and oxygen atoms in total. The van der Waals surface area contributed by atoms with E-state index in [1.807, 2.05) is 69.4 Å². The number of hydrogen-bond acceptors (Lipinski definition) is 4. The molecule has 1 heterocycles. The van der Waals surface area contributed by atoms with E-state index >= 15 is 0 Å². The molecule has 1 aromatic heterocycles. The molecule has 0 spiro atoms. The lowest BCUT2D eigenvalue weighted by molar-refractivity contribution is 0.104. The fourth-order valence-electron chi connectivity index (χ4n) is 3.09. The molecule has 0 saturated heterocycles. The van der Waals surface area contributed by atoms with E-state index in [2.05, 4.69) is 27.7 Å². The Kier molecular flexibility index (Phi) is 6.74. The highest BCUT2D eigenvalue weighted by molar-refractivity contribution is 14.1. The Morgan fingerprint density at radius 1 is 1.17 bits per heavy atom. The number of halogens is 1. The molecule has 0 N–H and O–H groups in total. The quantitative estimate of drug-likeness (QED) is 0.256. The van der Waals surface area contributed by atoms with Gasteiger partial charge in [0.25, 0.3) is 0 Å². The van der Waals surface area contributed by atoms with Crippen LogP contribution in [0.4, 0.5) is 0 Å². The minimum absolute atomic E-state index is 0.0550. The molecule has 0 amide bonds. The molecule has 0 unspecified atom stereocenters. The van der Waals surface area contributed by atoms with Crippen LogP contribution in [0.1, 0.15) is 32.9 Å². The van der Waals surface area contributed by atoms with Crippen LogP contribution in [0, 0.1) is 17.4 Å². The predicted octanol–water partition coefficient (Wildman–Crippen LogP) is 5.13. The van der Waals surface area contributed by atoms with Crippen LogP contribution in [0.3, 0.4) is 0 Å². The summed E-state index contributed by atoms with van der Waals surface area (Å²) in [4.78, 5) is 12.6. The van der Waals surface area contributed by atoms with E-state index in [4.69, 9.17) is 9.47 Å². The van der Waals surface area contributed by atoms with Crippen molar-refractivity contribution in [3.05, 3.63) is 80.2 Å². The Hall–Kier alpha value is -2.61. The number of carbonyl (C=O) groups is 1. The largest absolute Gasteiger partial charge is 0.496 e. The molecule has 0 saturated carbocycles. The van der Waals surface area contributed by atoms with E-state index < -0.39 is 0 Å². The number of aryl methyl sites for hydroxylation is 2. The molecule has 0 aliphatic heterocycles. The molecule has 6 heteroatoms. The summed E-state index contributed by atoms with van der Waals surface area (Å²) in [5.74, 6) is 1.49. The molecular formula is C23H23IN2O3. The number of ether oxygens (including phenoxy) is 2. The monoisotopic (exact) mass is 502 g/mol. The zero-order valence-corrected chi connectivity index (χ0v) is 19.1. The van der Waals surface area contributed by atoms with Gasteiger partial charge in [0.1, 0.15) is 18.1 Å². The maximum Gasteiger partial charge on any atom is 0.189 e. The van der Waals surface area contributed by atoms with E-state index in [0.29, 0.717) is 12.2 Å². The average Bonchev–Trinajstić information content (AvgIpc) is 2.97. The van der Waals surface area contributed by atoms with E-state index in [0.717, 1.165) is 37.6 Å². The van der Waals surface area contributed by atoms with Crippen LogP contribution >= 0.6 is 22.6 Å². The van der Waals surface area contributed by atoms with Crippen molar-refractivity contribution in [1.29, 1.82) is 0 Å². The summed E-state index contributed by atoms with van der Waals surface area (Å²) in [6.07, 6.45) is 3.39. The molecular weight excluding hydrogens is 479 g/mol. The Labute approximate surface area is 184 Å². The fraction of sp³-hybridized carbons (Fsp3) is 0.217. The third-order valence-corrected chi connectivity index (χ3v) is 5.41. The van der Waals surface area contributed by atoms with Crippen molar-refractivity contribution in [2.45, 2.75) is 20.5 Å². The third kappa shape index (κ3) is 5.06. The van der Waals surface area contributed by atoms with Gasteiger partial charge in [0.2, 0.25) is 0 Å². The van der Waals surface area contributed by atoms with Gasteiger partial charge in [-0.2, -0.15) is 5.10 Å². The summed E-state index contributed by atoms with van der Waals surface area (Å²) in [7, 11) is 3.48. The highest BCUT2D eigenvalue weighted by Crippen LogP contribution is 2.24. The first-order valence-electron chi connectivity index (χ1n) is 9.17. The normalized spacial score (nSPS) is 11.1. The number of nitrogens with zero attached hydrogens (tertiary/aromatic N) is 2. The predicted molar refractivity (Wildman–Crippen MR) is 123 cm³/mol. The molecule has 0 bridgehead atoms. The van der Waals surface area contributed by atoms with Gasteiger partial charge in [-0.3, -0.25) is 9.48 Å². The molecule has 0 aliphatic rings. The molecule has 0 radical (unpaired) electrons. The van der Waals surface area contributed by atoms with Gasteiger partial charge in [0.15, 0.2) is 5.78 Å². The van der Waals surface area contributed by atoms with Crippen LogP contribution in [0.5, 0.6) is 11.5 Å². The number of carbonyl (C=O) groups excluding carboxylic acids is 1. The van der Waals surface area contributed by atoms with Crippen LogP contribution in [-0.4, -0.2) is 22.7 Å². The third-order valence-electron chi connectivity index (χ3n) is 4.70. The van der Waals surface area contributed by atoms with Gasteiger partial charge < -0.3 is 9.47 Å². The van der Waals surface area contributed by atoms with Gasteiger partial charge in [-0.1, -0.05) is 12.1 Å². The highest BCUT2D eigenvalue weighted by atomic mass is 127. The summed E-state index contributed by atoms with van der Waals surface area (Å²) in [5.41, 5.74) is 4.06. The lowest BCUT2D eigenvalue weighted by Crippen LogP contribution is -2.00. The number of ketones is 1. The Morgan fingerprint density at radius 3 is 2.52 bits per heavy atom. The van der Waals surface area contributed by atoms with E-state index in [1.165, 1.54) is 0 Å². The first-order valence-corrected chi connectivity index (χ1v) is 10.2. The van der Waals surface area contributed by atoms with Crippen LogP contribution in [0.25, 0.3) is 6.08 Å². The molecule has 0 atom stereocenters. The first-order chi connectivity index (χ1) is 13.9. The molecule has 0 aliphatic carbocycles. The zero-order valence-electron chi connectivity index (χ0n) is 16.9. The van der Waals surface area contributed by atoms with Crippen molar-refractivity contribution in [2.75, 3.05) is 7.11 Å². The van der Waals surface area contributed by atoms with E-state index in [1.54, 1.807) is 17.9 Å². The van der Waals surface area contributed by atoms with Crippen LogP contribution < -0.4 is 9.47 Å². The lowest BCUT2D eigenvalue weighted by atomic mass is 10.1. The minimum Gasteiger partial charge on any atom is -0.496 e. The molecule has 0 fully saturated rings. The van der Waals surface area contributed by atoms with E-state index in [9.17, 15) is 4.79 Å². The maximum atomic E-state index is 12.6. The van der Waals surface area contributed by atoms with Crippen LogP contribution in [-0.2, 0) is 13.7 Å². The van der Waals surface area contributed by atoms with Gasteiger partial charge in [0, 0.05) is 21.9 Å². The van der Waals surface area contributed by atoms with Crippen LogP contribution in [0.2, 0.25) is 0 Å². The number of allylic oxidation sites excluding steroid dienone is 1. The summed E-state index contributed by atoms with van der Waals surface area (Å²) >= 11 is 2.26. The second-order valence-electron chi connectivity index (χ2n) is 6.68. The summed E-state index contributed by atoms with van der Waals surface area (Å²) in [5, 5.41) is 4.31. The van der Waals surface area contributed by atoms with Gasteiger partial charge in [-0.25, -0.2) is 0 Å². The standard InChI is InChI=1S/C23H23IN2O3/c1-15-23(16(2)26(3)25-15)21(27)11-5-17-6-12-22(28-4)18(13-17)14-29-20-9-7-19(24)8-10-20/h5-13H,14H2,1-4H3/b11-5+. The summed E-state index contributed by atoms with van der Waals surface area (Å²) in [6.45, 7) is 4.12. The second-order valence-corrected chi connectivity index (χ2v) is 7.93. The Balaban J connectivity index is 1.77. The van der Waals surface area contributed by atoms with Crippen molar-refractivity contribution >= 4 is 34.5 Å². The average molecular weight is 502 g/mol. The zero-order chi connectivity index (χ0) is 21.0. The van der Waals surface area contributed by atoms with Gasteiger partial charge in [-0.05, 0) is 84.5 Å². The number of rotatable bonds is 7. The molecule has 29 heavy (non-hydrogen) atoms. The van der Waals surface area contributed by atoms with Gasteiger partial charge >= 0.3 is 0 Å². The molecule has 3 aromatic rings. The van der Waals surface area contributed by atoms with Crippen molar-refractivity contribution in [3.63, 3.8) is 0 Å². The first kappa shape index (κ1) is 21.1. The smallest absolute Gasteiger partial charge is 0.189 e. The van der Waals surface area contributed by atoms with Crippen molar-refractivity contribution < 1.29 is 14.3 Å². The molecule has 3 rings (SSSR count). The number of hydrogen-bond donors (Lipinski definition) is 0. The Morgan fingerprint density at radius 2 is 1.90 bits per heavy atom. The van der Waals surface area contributed by atoms with Gasteiger partial charge in [0.05, 0.1) is 18.4 Å².